The third-order valence-electron chi connectivity index (χ3n) is 5.67. The van der Waals surface area contributed by atoms with Crippen LogP contribution in [0.2, 0.25) is 0 Å². The van der Waals surface area contributed by atoms with Crippen molar-refractivity contribution in [2.75, 3.05) is 25.0 Å². The highest BCUT2D eigenvalue weighted by molar-refractivity contribution is 5.94. The molecule has 0 bridgehead atoms. The van der Waals surface area contributed by atoms with Crippen molar-refractivity contribution < 1.29 is 9.90 Å². The van der Waals surface area contributed by atoms with Gasteiger partial charge in [-0.2, -0.15) is 0 Å². The van der Waals surface area contributed by atoms with Gasteiger partial charge in [-0.05, 0) is 37.0 Å². The molecule has 2 heterocycles. The monoisotopic (exact) mass is 366 g/mol. The number of nitrogens with zero attached hydrogens (tertiary/aromatic N) is 1. The number of carbonyl (C=O) groups is 1. The fraction of sp³-hybridized carbons (Fsp3) is 0.381. The molecule has 2 amide bonds. The number of urea groups is 1. The lowest BCUT2D eigenvalue weighted by molar-refractivity contribution is 0.130. The first kappa shape index (κ1) is 17.8. The number of benzene rings is 2. The largest absolute Gasteiger partial charge is 0.507 e. The molecule has 6 nitrogen and oxygen atoms in total. The Morgan fingerprint density at radius 3 is 2.59 bits per heavy atom. The van der Waals surface area contributed by atoms with Gasteiger partial charge in [0.15, 0.2) is 0 Å². The van der Waals surface area contributed by atoms with E-state index in [0.29, 0.717) is 5.69 Å². The Kier molecular flexibility index (Phi) is 4.76. The first-order valence-electron chi connectivity index (χ1n) is 9.49. The van der Waals surface area contributed by atoms with Crippen LogP contribution in [0.5, 0.6) is 5.75 Å². The number of carbonyl (C=O) groups excluding carboxylic acids is 1. The minimum atomic E-state index is -0.511. The number of aromatic hydroxyl groups is 1. The van der Waals surface area contributed by atoms with Crippen LogP contribution in [0, 0.1) is 0 Å². The minimum Gasteiger partial charge on any atom is -0.507 e. The summed E-state index contributed by atoms with van der Waals surface area (Å²) in [5.74, 6) is 0.231. The summed E-state index contributed by atoms with van der Waals surface area (Å²) < 4.78 is 0. The van der Waals surface area contributed by atoms with Crippen molar-refractivity contribution in [3.63, 3.8) is 0 Å². The van der Waals surface area contributed by atoms with Crippen molar-refractivity contribution >= 4 is 11.7 Å². The van der Waals surface area contributed by atoms with E-state index < -0.39 is 5.54 Å². The first-order valence-corrected chi connectivity index (χ1v) is 9.49. The molecule has 0 unspecified atom stereocenters. The quantitative estimate of drug-likeness (QED) is 0.669. The number of hydrogen-bond acceptors (Lipinski definition) is 4. The minimum absolute atomic E-state index is 0.0738. The van der Waals surface area contributed by atoms with Crippen LogP contribution in [0.1, 0.15) is 24.0 Å². The Morgan fingerprint density at radius 2 is 1.85 bits per heavy atom. The summed E-state index contributed by atoms with van der Waals surface area (Å²) in [7, 11) is 0. The van der Waals surface area contributed by atoms with Gasteiger partial charge in [0.2, 0.25) is 0 Å². The molecule has 2 aromatic carbocycles. The Bertz CT molecular complexity index is 816. The Hall–Kier alpha value is -2.57. The van der Waals surface area contributed by atoms with Crippen LogP contribution >= 0.6 is 0 Å². The summed E-state index contributed by atoms with van der Waals surface area (Å²) >= 11 is 0. The molecule has 0 aliphatic carbocycles. The predicted octanol–water partition coefficient (Wildman–Crippen LogP) is 2.39. The molecule has 1 atom stereocenters. The van der Waals surface area contributed by atoms with Crippen LogP contribution in [0.15, 0.2) is 48.5 Å². The van der Waals surface area contributed by atoms with Gasteiger partial charge in [0, 0.05) is 31.2 Å². The summed E-state index contributed by atoms with van der Waals surface area (Å²) in [6.07, 6.45) is 2.36. The molecule has 5 N–H and O–H groups in total. The molecule has 27 heavy (non-hydrogen) atoms. The fourth-order valence-electron chi connectivity index (χ4n) is 4.39. The zero-order valence-corrected chi connectivity index (χ0v) is 15.3. The second-order valence-corrected chi connectivity index (χ2v) is 7.61. The van der Waals surface area contributed by atoms with E-state index in [1.165, 1.54) is 5.56 Å². The van der Waals surface area contributed by atoms with Crippen LogP contribution in [0.25, 0.3) is 0 Å². The lowest BCUT2D eigenvalue weighted by Crippen LogP contribution is -2.57. The number of hydrogen-bond donors (Lipinski definition) is 4. The molecule has 1 spiro atoms. The van der Waals surface area contributed by atoms with Gasteiger partial charge < -0.3 is 26.4 Å². The van der Waals surface area contributed by atoms with Crippen molar-refractivity contribution in [1.29, 1.82) is 0 Å². The van der Waals surface area contributed by atoms with Crippen LogP contribution in [0.4, 0.5) is 10.5 Å². The number of nitrogens with one attached hydrogen (secondary N) is 2. The number of fused-ring (bicyclic) bond motifs is 2. The highest BCUT2D eigenvalue weighted by Crippen LogP contribution is 2.44. The third kappa shape index (κ3) is 3.63. The summed E-state index contributed by atoms with van der Waals surface area (Å²) in [5, 5.41) is 16.3. The summed E-state index contributed by atoms with van der Waals surface area (Å²) in [6.45, 7) is 2.48. The van der Waals surface area contributed by atoms with Gasteiger partial charge in [-0.15, -0.1) is 0 Å². The van der Waals surface area contributed by atoms with Crippen molar-refractivity contribution in [3.05, 3.63) is 59.7 Å². The van der Waals surface area contributed by atoms with Gasteiger partial charge in [-0.25, -0.2) is 4.79 Å². The van der Waals surface area contributed by atoms with Gasteiger partial charge >= 0.3 is 6.03 Å². The number of likely N-dealkylation sites (tertiary alicyclic amines) is 1. The van der Waals surface area contributed by atoms with E-state index in [1.807, 2.05) is 24.3 Å². The van der Waals surface area contributed by atoms with Crippen LogP contribution in [-0.4, -0.2) is 41.7 Å². The topological polar surface area (TPSA) is 90.6 Å². The number of amides is 2. The molecule has 0 saturated carbocycles. The Balaban J connectivity index is 1.42. The Morgan fingerprint density at radius 1 is 1.11 bits per heavy atom. The van der Waals surface area contributed by atoms with Crippen LogP contribution in [-0.2, 0) is 12.0 Å². The summed E-state index contributed by atoms with van der Waals surface area (Å²) in [6, 6.07) is 15.5. The van der Waals surface area contributed by atoms with Gasteiger partial charge in [0.05, 0.1) is 11.2 Å². The molecule has 0 radical (unpaired) electrons. The van der Waals surface area contributed by atoms with Crippen molar-refractivity contribution in [3.8, 4) is 5.75 Å². The molecule has 4 rings (SSSR count). The first-order chi connectivity index (χ1) is 13.1. The molecular weight excluding hydrogens is 340 g/mol. The molecule has 2 aliphatic rings. The molecule has 6 heteroatoms. The molecular formula is C21H26N4O2. The van der Waals surface area contributed by atoms with E-state index in [-0.39, 0.29) is 17.8 Å². The van der Waals surface area contributed by atoms with E-state index in [9.17, 15) is 9.90 Å². The number of phenols is 1. The number of phenolic OH excluding ortho intramolecular Hbond substituents is 1. The molecule has 1 saturated heterocycles. The average Bonchev–Trinajstić information content (AvgIpc) is 2.64. The standard InChI is InChI=1S/C21H26N4O2/c22-16(13-15-5-2-1-3-6-15)14-25-11-9-21(10-12-25)19-17(23-20(27)24-21)7-4-8-18(19)26/h1-8,16,26H,9-14,22H2,(H2,23,24,27)/t16-/m0/s1. The number of rotatable bonds is 4. The Labute approximate surface area is 159 Å². The van der Waals surface area contributed by atoms with E-state index in [2.05, 4.69) is 27.7 Å². The van der Waals surface area contributed by atoms with Gasteiger partial charge in [-0.3, -0.25) is 0 Å². The maximum Gasteiger partial charge on any atom is 0.319 e. The molecule has 2 aliphatic heterocycles. The maximum atomic E-state index is 12.1. The normalized spacial score (nSPS) is 19.8. The molecule has 0 aromatic heterocycles. The van der Waals surface area contributed by atoms with E-state index >= 15 is 0 Å². The van der Waals surface area contributed by atoms with Crippen molar-refractivity contribution in [2.45, 2.75) is 30.8 Å². The zero-order valence-electron chi connectivity index (χ0n) is 15.3. The van der Waals surface area contributed by atoms with Gasteiger partial charge in [0.1, 0.15) is 5.75 Å². The highest BCUT2D eigenvalue weighted by atomic mass is 16.3. The highest BCUT2D eigenvalue weighted by Gasteiger charge is 2.43. The number of anilines is 1. The van der Waals surface area contributed by atoms with Crippen LogP contribution in [0.3, 0.4) is 0 Å². The SMILES string of the molecule is N[C@@H](Cc1ccccc1)CN1CCC2(CC1)NC(=O)Nc1cccc(O)c12. The number of piperidine rings is 1. The molecule has 142 valence electrons. The van der Waals surface area contributed by atoms with E-state index in [4.69, 9.17) is 5.73 Å². The van der Waals surface area contributed by atoms with Gasteiger partial charge in [-0.1, -0.05) is 36.4 Å². The second-order valence-electron chi connectivity index (χ2n) is 7.61. The average molecular weight is 366 g/mol. The maximum absolute atomic E-state index is 12.1. The van der Waals surface area contributed by atoms with Crippen LogP contribution < -0.4 is 16.4 Å². The summed E-state index contributed by atoms with van der Waals surface area (Å²) in [5.41, 5.74) is 8.62. The van der Waals surface area contributed by atoms with Crippen molar-refractivity contribution in [1.82, 2.24) is 10.2 Å². The summed E-state index contributed by atoms with van der Waals surface area (Å²) in [4.78, 5) is 14.5. The fourth-order valence-corrected chi connectivity index (χ4v) is 4.39. The van der Waals surface area contributed by atoms with Gasteiger partial charge in [0.25, 0.3) is 0 Å². The van der Waals surface area contributed by atoms with E-state index in [1.54, 1.807) is 12.1 Å². The van der Waals surface area contributed by atoms with Crippen molar-refractivity contribution in [2.24, 2.45) is 5.73 Å². The van der Waals surface area contributed by atoms with E-state index in [0.717, 1.165) is 44.5 Å². The lowest BCUT2D eigenvalue weighted by atomic mass is 9.78. The molecule has 1 fully saturated rings. The molecule has 2 aromatic rings. The predicted molar refractivity (Wildman–Crippen MR) is 106 cm³/mol. The smallest absolute Gasteiger partial charge is 0.319 e. The third-order valence-corrected chi connectivity index (χ3v) is 5.67. The number of nitrogens with two attached hydrogens (primary N) is 1. The lowest BCUT2D eigenvalue weighted by Gasteiger charge is -2.46. The second kappa shape index (κ2) is 7.21. The zero-order chi connectivity index (χ0) is 18.9.